The van der Waals surface area contributed by atoms with Gasteiger partial charge in [0.1, 0.15) is 6.61 Å². The topological polar surface area (TPSA) is 41.6 Å². The molecule has 0 aromatic rings. The van der Waals surface area contributed by atoms with Gasteiger partial charge in [0.15, 0.2) is 0 Å². The first-order valence-corrected chi connectivity index (χ1v) is 12.0. The predicted octanol–water partition coefficient (Wildman–Crippen LogP) is 6.90. The van der Waals surface area contributed by atoms with Gasteiger partial charge in [0, 0.05) is 16.8 Å². The second-order valence-corrected chi connectivity index (χ2v) is 9.42. The Balaban J connectivity index is 8.30. The van der Waals surface area contributed by atoms with Crippen LogP contribution in [0.3, 0.4) is 0 Å². The lowest BCUT2D eigenvalue weighted by atomic mass is 9.91. The summed E-state index contributed by atoms with van der Waals surface area (Å²) < 4.78 is 329. The maximum atomic E-state index is 14.9. The number of halogens is 24. The Bertz CT molecular complexity index is 951. The van der Waals surface area contributed by atoms with Gasteiger partial charge in [-0.25, -0.2) is 18.0 Å². The molecule has 1 unspecified atom stereocenters. The Morgan fingerprint density at radius 1 is 0.533 bits per heavy atom. The Hall–Kier alpha value is -2.23. The number of ether oxygens (including phenoxy) is 1. The maximum Gasteiger partial charge on any atom is 0.439 e. The minimum atomic E-state index is -9.71. The fourth-order valence-electron chi connectivity index (χ4n) is 2.94. The van der Waals surface area contributed by atoms with Gasteiger partial charge in [-0.15, -0.1) is 4.90 Å². The Morgan fingerprint density at radius 2 is 0.844 bits per heavy atom. The molecule has 0 radical (unpaired) electrons. The number of carbonyl (C=O) groups excluding carboxylic acids is 1. The van der Waals surface area contributed by atoms with Crippen LogP contribution < -0.4 is 5.32 Å². The fraction of sp³-hybridized carbons (Fsp3) is 0.938. The van der Waals surface area contributed by atoms with Crippen molar-refractivity contribution in [3.63, 3.8) is 0 Å². The zero-order valence-corrected chi connectivity index (χ0v) is 22.7. The van der Waals surface area contributed by atoms with Crippen molar-refractivity contribution >= 4 is 16.3 Å². The van der Waals surface area contributed by atoms with Gasteiger partial charge in [0.25, 0.3) is 0 Å². The molecular formula is C16H12F24N2O2Si. The molecule has 0 aliphatic carbocycles. The van der Waals surface area contributed by atoms with Crippen LogP contribution in [0.5, 0.6) is 0 Å². The number of alkyl halides is 24. The van der Waals surface area contributed by atoms with E-state index in [0.29, 0.717) is 10.2 Å². The minimum absolute atomic E-state index is 0.162. The van der Waals surface area contributed by atoms with Crippen molar-refractivity contribution in [2.24, 2.45) is 0 Å². The number of carbonyl (C=O) groups is 1. The molecule has 0 heterocycles. The number of hydrogen-bond donors (Lipinski definition) is 1. The second kappa shape index (κ2) is 12.1. The predicted molar refractivity (Wildman–Crippen MR) is 97.2 cm³/mol. The quantitative estimate of drug-likeness (QED) is 0.108. The molecule has 0 aliphatic rings. The van der Waals surface area contributed by atoms with Crippen LogP contribution in [0.25, 0.3) is 0 Å². The van der Waals surface area contributed by atoms with Gasteiger partial charge in [-0.05, 0) is 6.42 Å². The number of alkyl carbamates (subject to hydrolysis) is 1. The lowest BCUT2D eigenvalue weighted by Gasteiger charge is -2.52. The molecule has 0 aromatic heterocycles. The van der Waals surface area contributed by atoms with Crippen LogP contribution in [-0.2, 0) is 4.74 Å². The molecule has 29 heteroatoms. The van der Waals surface area contributed by atoms with Crippen LogP contribution in [0.2, 0.25) is 6.04 Å². The zero-order valence-electron chi connectivity index (χ0n) is 20.7. The molecule has 0 saturated heterocycles. The van der Waals surface area contributed by atoms with E-state index in [9.17, 15) is 110 Å². The Kier molecular flexibility index (Phi) is 11.5. The largest absolute Gasteiger partial charge is 0.445 e. The van der Waals surface area contributed by atoms with E-state index in [1.54, 1.807) is 0 Å². The summed E-state index contributed by atoms with van der Waals surface area (Å²) in [5.41, 5.74) is -26.8. The van der Waals surface area contributed by atoms with Crippen molar-refractivity contribution in [3.8, 4) is 0 Å². The van der Waals surface area contributed by atoms with E-state index < -0.39 is 90.2 Å². The summed E-state index contributed by atoms with van der Waals surface area (Å²) in [6.45, 7) is -5.00. The number of rotatable bonds is 11. The average molecular weight is 748 g/mol. The van der Waals surface area contributed by atoms with Crippen LogP contribution in [0.1, 0.15) is 6.42 Å². The summed E-state index contributed by atoms with van der Waals surface area (Å²) in [5.74, 6) is 0. The summed E-state index contributed by atoms with van der Waals surface area (Å²) in [5, 5.41) is 1.23. The third kappa shape index (κ3) is 6.77. The first-order valence-electron chi connectivity index (χ1n) is 10.6. The summed E-state index contributed by atoms with van der Waals surface area (Å²) in [4.78, 5) is 5.51. The van der Waals surface area contributed by atoms with Crippen molar-refractivity contribution in [1.82, 2.24) is 10.2 Å². The third-order valence-corrected chi connectivity index (χ3v) is 6.07. The summed E-state index contributed by atoms with van der Waals surface area (Å²) in [7, 11) is 0.319. The zero-order chi connectivity index (χ0) is 36.9. The molecule has 0 aliphatic heterocycles. The summed E-state index contributed by atoms with van der Waals surface area (Å²) in [6, 6.07) is -28.4. The molecule has 270 valence electrons. The molecule has 0 fully saturated rings. The monoisotopic (exact) mass is 748 g/mol. The van der Waals surface area contributed by atoms with Crippen LogP contribution >= 0.6 is 0 Å². The van der Waals surface area contributed by atoms with E-state index in [0.717, 1.165) is 0 Å². The molecule has 45 heavy (non-hydrogen) atoms. The second-order valence-electron chi connectivity index (χ2n) is 8.42. The molecule has 4 nitrogen and oxygen atoms in total. The number of nitrogens with zero attached hydrogens (tertiary/aromatic N) is 1. The highest BCUT2D eigenvalue weighted by atomic mass is 28.1. The van der Waals surface area contributed by atoms with E-state index >= 15 is 0 Å². The minimum Gasteiger partial charge on any atom is -0.445 e. The van der Waals surface area contributed by atoms with Gasteiger partial charge in [-0.2, -0.15) is 92.2 Å². The molecule has 0 aromatic carbocycles. The van der Waals surface area contributed by atoms with E-state index in [4.69, 9.17) is 0 Å². The standard InChI is InChI=1S/C16H12F24N2O2Si/c17-6(9(20,21)22,4-44-5(43)41-2-1-3-45)14(35,36)42(15(37,38)7(18,10(23,24)25)11(26,27)28)16(39,40)8(19,12(29,30)31)13(32,33)34/h1-4H2,45H3,(H,41,43). The first kappa shape index (κ1) is 42.8. The van der Waals surface area contributed by atoms with Crippen molar-refractivity contribution in [2.45, 2.75) is 78.5 Å². The van der Waals surface area contributed by atoms with E-state index in [1.165, 1.54) is 5.32 Å². The Labute approximate surface area is 234 Å². The van der Waals surface area contributed by atoms with E-state index in [1.807, 2.05) is 0 Å². The molecule has 0 rings (SSSR count). The number of hydrogen-bond acceptors (Lipinski definition) is 3. The summed E-state index contributed by atoms with van der Waals surface area (Å²) in [6.07, 6.45) is -46.2. The lowest BCUT2D eigenvalue weighted by molar-refractivity contribution is -0.521. The number of amides is 1. The van der Waals surface area contributed by atoms with E-state index in [2.05, 4.69) is 4.74 Å². The highest BCUT2D eigenvalue weighted by molar-refractivity contribution is 6.08. The van der Waals surface area contributed by atoms with Crippen molar-refractivity contribution in [1.29, 1.82) is 0 Å². The summed E-state index contributed by atoms with van der Waals surface area (Å²) >= 11 is 0. The lowest BCUT2D eigenvalue weighted by Crippen LogP contribution is -2.84. The molecule has 0 spiro atoms. The average Bonchev–Trinajstić information content (AvgIpc) is 2.76. The fourth-order valence-corrected chi connectivity index (χ4v) is 3.29. The van der Waals surface area contributed by atoms with Gasteiger partial charge in [0.05, 0.1) is 0 Å². The molecular weight excluding hydrogens is 736 g/mol. The smallest absolute Gasteiger partial charge is 0.439 e. The van der Waals surface area contributed by atoms with Crippen molar-refractivity contribution < 1.29 is 115 Å². The van der Waals surface area contributed by atoms with E-state index in [-0.39, 0.29) is 12.5 Å². The highest BCUT2D eigenvalue weighted by Crippen LogP contribution is 2.66. The van der Waals surface area contributed by atoms with Crippen LogP contribution in [-0.4, -0.2) is 100 Å². The van der Waals surface area contributed by atoms with Crippen LogP contribution in [0.4, 0.5) is 110 Å². The van der Waals surface area contributed by atoms with Gasteiger partial charge in [-0.3, -0.25) is 0 Å². The van der Waals surface area contributed by atoms with Gasteiger partial charge >= 0.3 is 72.1 Å². The molecule has 1 N–H and O–H groups in total. The molecule has 0 bridgehead atoms. The maximum absolute atomic E-state index is 14.9. The van der Waals surface area contributed by atoms with Crippen LogP contribution in [0.15, 0.2) is 0 Å². The van der Waals surface area contributed by atoms with Gasteiger partial charge < -0.3 is 10.1 Å². The highest BCUT2D eigenvalue weighted by Gasteiger charge is 2.97. The SMILES string of the molecule is O=C(NCCC[SiH3])OCC(F)(C(F)(F)F)C(F)(F)N(C(F)(F)C(F)(C(F)(F)F)C(F)(F)F)C(F)(F)C(F)(C(F)(F)F)C(F)(F)F. The van der Waals surface area contributed by atoms with Gasteiger partial charge in [0.2, 0.25) is 0 Å². The first-order chi connectivity index (χ1) is 19.3. The molecule has 0 saturated carbocycles. The molecule has 1 amide bonds. The normalized spacial score (nSPS) is 17.0. The van der Waals surface area contributed by atoms with Crippen molar-refractivity contribution in [3.05, 3.63) is 0 Å². The van der Waals surface area contributed by atoms with Crippen LogP contribution in [0, 0.1) is 0 Å². The van der Waals surface area contributed by atoms with Gasteiger partial charge in [-0.1, -0.05) is 6.04 Å². The van der Waals surface area contributed by atoms with Crippen molar-refractivity contribution in [2.75, 3.05) is 13.2 Å². The third-order valence-electron chi connectivity index (χ3n) is 5.36. The Morgan fingerprint density at radius 3 is 1.09 bits per heavy atom. The molecule has 1 atom stereocenters. The number of nitrogens with one attached hydrogen (secondary N) is 1.